The third-order valence-electron chi connectivity index (χ3n) is 4.88. The van der Waals surface area contributed by atoms with Crippen molar-refractivity contribution in [2.45, 2.75) is 37.3 Å². The molecule has 0 aromatic heterocycles. The van der Waals surface area contributed by atoms with E-state index in [2.05, 4.69) is 0 Å². The van der Waals surface area contributed by atoms with E-state index in [1.807, 2.05) is 0 Å². The number of benzene rings is 2. The predicted octanol–water partition coefficient (Wildman–Crippen LogP) is 0.187. The largest absolute Gasteiger partial charge is 0.504 e. The fraction of sp³-hybridized carbons (Fsp3) is 0.300. The molecule has 0 radical (unpaired) electrons. The molecule has 12 heteroatoms. The summed E-state index contributed by atoms with van der Waals surface area (Å²) in [6.07, 6.45) is -5.83. The number of aliphatic hydroxyl groups is 2. The van der Waals surface area contributed by atoms with Crippen LogP contribution in [0.1, 0.15) is 33.6 Å². The van der Waals surface area contributed by atoms with E-state index >= 15 is 0 Å². The molecule has 2 aromatic carbocycles. The quantitative estimate of drug-likeness (QED) is 0.230. The molecule has 4 unspecified atom stereocenters. The van der Waals surface area contributed by atoms with Crippen LogP contribution in [0.5, 0.6) is 34.5 Å². The van der Waals surface area contributed by atoms with E-state index in [1.165, 1.54) is 0 Å². The number of phenolic OH excluding ortho intramolecular Hbond substituents is 6. The zero-order valence-corrected chi connectivity index (χ0v) is 16.2. The molecule has 12 nitrogen and oxygen atoms in total. The number of carbonyl (C=O) groups is 2. The lowest BCUT2D eigenvalue weighted by molar-refractivity contribution is -0.126. The highest BCUT2D eigenvalue weighted by atomic mass is 16.6. The van der Waals surface area contributed by atoms with E-state index in [0.717, 1.165) is 24.3 Å². The van der Waals surface area contributed by atoms with E-state index in [0.29, 0.717) is 0 Å². The van der Waals surface area contributed by atoms with Gasteiger partial charge in [-0.15, -0.1) is 0 Å². The lowest BCUT2D eigenvalue weighted by atomic mass is 9.89. The summed E-state index contributed by atoms with van der Waals surface area (Å²) in [6, 6.07) is 3.25. The van der Waals surface area contributed by atoms with Gasteiger partial charge < -0.3 is 50.3 Å². The maximum absolute atomic E-state index is 12.4. The van der Waals surface area contributed by atoms with Gasteiger partial charge in [0.2, 0.25) is 0 Å². The second kappa shape index (κ2) is 8.69. The van der Waals surface area contributed by atoms with Crippen LogP contribution in [0.2, 0.25) is 0 Å². The lowest BCUT2D eigenvalue weighted by Gasteiger charge is -2.36. The number of aromatic hydroxyl groups is 6. The van der Waals surface area contributed by atoms with Crippen LogP contribution in [-0.4, -0.2) is 77.2 Å². The predicted molar refractivity (Wildman–Crippen MR) is 103 cm³/mol. The summed E-state index contributed by atoms with van der Waals surface area (Å²) in [5.41, 5.74) is -0.750. The molecule has 1 aliphatic carbocycles. The van der Waals surface area contributed by atoms with Crippen LogP contribution in [0, 0.1) is 0 Å². The Labute approximate surface area is 179 Å². The van der Waals surface area contributed by atoms with Gasteiger partial charge in [-0.05, 0) is 24.3 Å². The number of hydrogen-bond donors (Lipinski definition) is 8. The van der Waals surface area contributed by atoms with E-state index < -0.39 is 70.9 Å². The van der Waals surface area contributed by atoms with Gasteiger partial charge in [0.25, 0.3) is 0 Å². The summed E-state index contributed by atoms with van der Waals surface area (Å²) in [5.74, 6) is -7.16. The van der Waals surface area contributed by atoms with Crippen LogP contribution >= 0.6 is 0 Å². The van der Waals surface area contributed by atoms with Crippen molar-refractivity contribution in [2.24, 2.45) is 0 Å². The molecular weight excluding hydrogens is 432 g/mol. The van der Waals surface area contributed by atoms with Crippen molar-refractivity contribution in [1.82, 2.24) is 0 Å². The highest BCUT2D eigenvalue weighted by molar-refractivity contribution is 5.92. The van der Waals surface area contributed by atoms with E-state index in [1.54, 1.807) is 0 Å². The van der Waals surface area contributed by atoms with Gasteiger partial charge in [0.15, 0.2) is 40.6 Å². The van der Waals surface area contributed by atoms with Gasteiger partial charge in [0.05, 0.1) is 23.3 Å². The van der Waals surface area contributed by atoms with Crippen molar-refractivity contribution in [3.05, 3.63) is 35.4 Å². The van der Waals surface area contributed by atoms with Gasteiger partial charge in [0.1, 0.15) is 6.10 Å². The second-order valence-electron chi connectivity index (χ2n) is 7.23. The molecule has 8 N–H and O–H groups in total. The molecule has 0 spiro atoms. The molecule has 2 aromatic rings. The van der Waals surface area contributed by atoms with E-state index in [9.17, 15) is 50.4 Å². The SMILES string of the molecule is O=C(OC1CC(O)CC(O)C1OC(=O)c1cc(O)c(O)c(O)c1)c1cc(O)c(O)c(O)c1. The molecule has 1 aliphatic rings. The summed E-state index contributed by atoms with van der Waals surface area (Å²) in [6.45, 7) is 0. The zero-order valence-electron chi connectivity index (χ0n) is 16.2. The summed E-state index contributed by atoms with van der Waals surface area (Å²) in [4.78, 5) is 24.9. The first-order valence-electron chi connectivity index (χ1n) is 9.26. The van der Waals surface area contributed by atoms with Crippen LogP contribution < -0.4 is 0 Å². The van der Waals surface area contributed by atoms with Crippen molar-refractivity contribution >= 4 is 11.9 Å². The number of hydrogen-bond acceptors (Lipinski definition) is 12. The van der Waals surface area contributed by atoms with Gasteiger partial charge >= 0.3 is 11.9 Å². The molecule has 4 atom stereocenters. The monoisotopic (exact) mass is 452 g/mol. The minimum absolute atomic E-state index is 0.209. The summed E-state index contributed by atoms with van der Waals surface area (Å²) < 4.78 is 10.4. The Balaban J connectivity index is 1.82. The second-order valence-corrected chi connectivity index (χ2v) is 7.23. The van der Waals surface area contributed by atoms with Gasteiger partial charge in [-0.25, -0.2) is 9.59 Å². The molecule has 0 bridgehead atoms. The average Bonchev–Trinajstić information content (AvgIpc) is 2.71. The summed E-state index contributed by atoms with van der Waals surface area (Å²) in [5, 5.41) is 77.2. The molecule has 32 heavy (non-hydrogen) atoms. The first kappa shape index (κ1) is 22.8. The maximum Gasteiger partial charge on any atom is 0.338 e. The zero-order chi connectivity index (χ0) is 23.7. The molecule has 0 saturated heterocycles. The van der Waals surface area contributed by atoms with Crippen molar-refractivity contribution in [3.63, 3.8) is 0 Å². The Morgan fingerprint density at radius 2 is 1.09 bits per heavy atom. The van der Waals surface area contributed by atoms with Gasteiger partial charge in [-0.3, -0.25) is 0 Å². The van der Waals surface area contributed by atoms with Crippen molar-refractivity contribution < 1.29 is 59.9 Å². The molecule has 3 rings (SSSR count). The Morgan fingerprint density at radius 1 is 0.688 bits per heavy atom. The molecule has 1 fully saturated rings. The van der Waals surface area contributed by atoms with Crippen LogP contribution in [0.15, 0.2) is 24.3 Å². The number of esters is 2. The fourth-order valence-corrected chi connectivity index (χ4v) is 3.27. The van der Waals surface area contributed by atoms with Crippen LogP contribution in [0.4, 0.5) is 0 Å². The van der Waals surface area contributed by atoms with Crippen molar-refractivity contribution in [3.8, 4) is 34.5 Å². The maximum atomic E-state index is 12.4. The third kappa shape index (κ3) is 4.55. The average molecular weight is 452 g/mol. The van der Waals surface area contributed by atoms with Gasteiger partial charge in [-0.2, -0.15) is 0 Å². The third-order valence-corrected chi connectivity index (χ3v) is 4.88. The number of rotatable bonds is 4. The topological polar surface area (TPSA) is 214 Å². The highest BCUT2D eigenvalue weighted by Gasteiger charge is 2.42. The Hall–Kier alpha value is -3.90. The highest BCUT2D eigenvalue weighted by Crippen LogP contribution is 2.37. The number of aliphatic hydroxyl groups excluding tert-OH is 2. The minimum Gasteiger partial charge on any atom is -0.504 e. The summed E-state index contributed by atoms with van der Waals surface area (Å²) >= 11 is 0. The fourth-order valence-electron chi connectivity index (χ4n) is 3.27. The molecule has 1 saturated carbocycles. The smallest absolute Gasteiger partial charge is 0.338 e. The molecule has 0 aliphatic heterocycles. The van der Waals surface area contributed by atoms with E-state index in [-0.39, 0.29) is 24.0 Å². The first-order valence-corrected chi connectivity index (χ1v) is 9.26. The van der Waals surface area contributed by atoms with Crippen LogP contribution in [-0.2, 0) is 9.47 Å². The Kier molecular flexibility index (Phi) is 6.18. The lowest BCUT2D eigenvalue weighted by Crippen LogP contribution is -2.50. The molecule has 0 amide bonds. The van der Waals surface area contributed by atoms with Gasteiger partial charge in [-0.1, -0.05) is 0 Å². The number of ether oxygens (including phenoxy) is 2. The molecule has 172 valence electrons. The molecule has 0 heterocycles. The van der Waals surface area contributed by atoms with Crippen molar-refractivity contribution in [1.29, 1.82) is 0 Å². The van der Waals surface area contributed by atoms with E-state index in [4.69, 9.17) is 9.47 Å². The number of carbonyl (C=O) groups excluding carboxylic acids is 2. The molecular formula is C20H20O12. The van der Waals surface area contributed by atoms with Crippen molar-refractivity contribution in [2.75, 3.05) is 0 Å². The van der Waals surface area contributed by atoms with Crippen LogP contribution in [0.25, 0.3) is 0 Å². The Morgan fingerprint density at radius 3 is 1.53 bits per heavy atom. The van der Waals surface area contributed by atoms with Crippen LogP contribution in [0.3, 0.4) is 0 Å². The number of phenols is 6. The minimum atomic E-state index is -1.47. The Bertz CT molecular complexity index is 1000. The summed E-state index contributed by atoms with van der Waals surface area (Å²) in [7, 11) is 0. The van der Waals surface area contributed by atoms with Gasteiger partial charge in [0, 0.05) is 12.8 Å². The normalized spacial score (nSPS) is 22.8. The first-order chi connectivity index (χ1) is 15.0. The standard InChI is InChI=1S/C20H20O12/c21-9-5-14(26)18(32-20(30)8-3-12(24)17(28)13(25)4-8)15(6-9)31-19(29)7-1-10(22)16(27)11(23)2-7/h1-4,9,14-15,18,21-28H,5-6H2.